The van der Waals surface area contributed by atoms with Gasteiger partial charge >= 0.3 is 5.97 Å². The second kappa shape index (κ2) is 9.26. The lowest BCUT2D eigenvalue weighted by Crippen LogP contribution is -2.54. The van der Waals surface area contributed by atoms with Gasteiger partial charge in [-0.1, -0.05) is 54.4 Å². The maximum Gasteiger partial charge on any atom is 0.302 e. The number of hydrogen-bond donors (Lipinski definition) is 0. The fourth-order valence-corrected chi connectivity index (χ4v) is 9.60. The molecular formula is C30H52O2. The van der Waals surface area contributed by atoms with Gasteiger partial charge in [0, 0.05) is 6.92 Å². The van der Waals surface area contributed by atoms with E-state index in [4.69, 9.17) is 4.74 Å². The molecular weight excluding hydrogens is 392 g/mol. The molecule has 0 N–H and O–H groups in total. The van der Waals surface area contributed by atoms with E-state index in [0.717, 1.165) is 60.2 Å². The molecule has 4 rings (SSSR count). The van der Waals surface area contributed by atoms with Crippen LogP contribution in [0.3, 0.4) is 0 Å². The van der Waals surface area contributed by atoms with E-state index in [1.165, 1.54) is 57.8 Å². The van der Waals surface area contributed by atoms with Gasteiger partial charge in [-0.15, -0.1) is 0 Å². The molecule has 0 amide bonds. The van der Waals surface area contributed by atoms with Crippen molar-refractivity contribution >= 4 is 5.97 Å². The van der Waals surface area contributed by atoms with Gasteiger partial charge in [-0.2, -0.15) is 0 Å². The van der Waals surface area contributed by atoms with Crippen LogP contribution in [0.4, 0.5) is 0 Å². The highest BCUT2D eigenvalue weighted by atomic mass is 16.5. The molecule has 184 valence electrons. The average Bonchev–Trinajstić information content (AvgIpc) is 3.08. The zero-order chi connectivity index (χ0) is 23.3. The summed E-state index contributed by atoms with van der Waals surface area (Å²) in [7, 11) is 0. The van der Waals surface area contributed by atoms with E-state index in [2.05, 4.69) is 41.5 Å². The van der Waals surface area contributed by atoms with E-state index < -0.39 is 0 Å². The van der Waals surface area contributed by atoms with Crippen LogP contribution >= 0.6 is 0 Å². The molecule has 4 aliphatic rings. The minimum absolute atomic E-state index is 0.0883. The number of fused-ring (bicyclic) bond motifs is 5. The molecule has 2 heteroatoms. The minimum Gasteiger partial charge on any atom is -0.463 e. The molecule has 4 saturated carbocycles. The molecule has 32 heavy (non-hydrogen) atoms. The van der Waals surface area contributed by atoms with Crippen molar-refractivity contribution in [3.8, 4) is 0 Å². The van der Waals surface area contributed by atoms with Crippen LogP contribution in [0, 0.1) is 58.2 Å². The van der Waals surface area contributed by atoms with Crippen molar-refractivity contribution in [2.24, 2.45) is 58.2 Å². The summed E-state index contributed by atoms with van der Waals surface area (Å²) in [6.45, 7) is 16.7. The highest BCUT2D eigenvalue weighted by Gasteiger charge is 2.60. The van der Waals surface area contributed by atoms with Gasteiger partial charge in [0.2, 0.25) is 0 Å². The highest BCUT2D eigenvalue weighted by Crippen LogP contribution is 2.68. The molecule has 4 aliphatic carbocycles. The topological polar surface area (TPSA) is 26.3 Å². The van der Waals surface area contributed by atoms with Gasteiger partial charge in [-0.25, -0.2) is 0 Å². The quantitative estimate of drug-likeness (QED) is 0.385. The normalized spacial score (nSPS) is 45.5. The Balaban J connectivity index is 1.43. The van der Waals surface area contributed by atoms with Gasteiger partial charge in [-0.05, 0) is 116 Å². The molecule has 0 heterocycles. The molecule has 0 bridgehead atoms. The zero-order valence-corrected chi connectivity index (χ0v) is 22.3. The first kappa shape index (κ1) is 24.6. The molecule has 0 unspecified atom stereocenters. The molecule has 0 spiro atoms. The van der Waals surface area contributed by atoms with Gasteiger partial charge in [0.05, 0.1) is 0 Å². The van der Waals surface area contributed by atoms with Crippen molar-refractivity contribution in [3.05, 3.63) is 0 Å². The predicted octanol–water partition coefficient (Wildman–Crippen LogP) is 8.29. The summed E-state index contributed by atoms with van der Waals surface area (Å²) in [5.41, 5.74) is 1.07. The summed E-state index contributed by atoms with van der Waals surface area (Å²) < 4.78 is 5.66. The molecule has 0 aromatic heterocycles. The standard InChI is InChI=1S/C30H52O2/c1-19(2)20(3)8-9-21(4)26-12-13-27-25-11-10-23-18-24(32-22(5)31)14-16-29(23,6)28(25)15-17-30(26,27)7/h19-21,23-28H,8-18H2,1-7H3/t20-,21+,23-,24+,25+,26+,27+,28+,29-,30-/m0/s1. The van der Waals surface area contributed by atoms with Crippen LogP contribution in [-0.2, 0) is 9.53 Å². The van der Waals surface area contributed by atoms with Gasteiger partial charge < -0.3 is 4.74 Å². The van der Waals surface area contributed by atoms with Gasteiger partial charge in [0.15, 0.2) is 0 Å². The number of ether oxygens (including phenoxy) is 1. The number of carbonyl (C=O) groups is 1. The lowest BCUT2D eigenvalue weighted by atomic mass is 9.44. The van der Waals surface area contributed by atoms with Crippen LogP contribution in [0.15, 0.2) is 0 Å². The molecule has 0 aromatic rings. The van der Waals surface area contributed by atoms with Gasteiger partial charge in [0.1, 0.15) is 6.10 Å². The van der Waals surface area contributed by atoms with E-state index >= 15 is 0 Å². The summed E-state index contributed by atoms with van der Waals surface area (Å²) in [4.78, 5) is 11.5. The largest absolute Gasteiger partial charge is 0.463 e. The van der Waals surface area contributed by atoms with Crippen molar-refractivity contribution in [2.45, 2.75) is 125 Å². The van der Waals surface area contributed by atoms with Crippen molar-refractivity contribution in [2.75, 3.05) is 0 Å². The van der Waals surface area contributed by atoms with E-state index in [0.29, 0.717) is 10.8 Å². The molecule has 4 fully saturated rings. The first-order valence-electron chi connectivity index (χ1n) is 14.2. The van der Waals surface area contributed by atoms with Crippen molar-refractivity contribution in [1.82, 2.24) is 0 Å². The van der Waals surface area contributed by atoms with E-state index in [-0.39, 0.29) is 12.1 Å². The van der Waals surface area contributed by atoms with E-state index in [1.54, 1.807) is 6.92 Å². The zero-order valence-electron chi connectivity index (χ0n) is 22.3. The Kier molecular flexibility index (Phi) is 7.11. The number of esters is 1. The Bertz CT molecular complexity index is 670. The van der Waals surface area contributed by atoms with Crippen molar-refractivity contribution in [3.63, 3.8) is 0 Å². The smallest absolute Gasteiger partial charge is 0.302 e. The molecule has 0 aliphatic heterocycles. The van der Waals surface area contributed by atoms with Gasteiger partial charge in [0.25, 0.3) is 0 Å². The fourth-order valence-electron chi connectivity index (χ4n) is 9.60. The minimum atomic E-state index is -0.0883. The van der Waals surface area contributed by atoms with Crippen LogP contribution < -0.4 is 0 Å². The Hall–Kier alpha value is -0.530. The second-order valence-corrected chi connectivity index (χ2v) is 13.7. The highest BCUT2D eigenvalue weighted by molar-refractivity contribution is 5.66. The summed E-state index contributed by atoms with van der Waals surface area (Å²) in [5.74, 6) is 6.99. The maximum absolute atomic E-state index is 11.5. The van der Waals surface area contributed by atoms with Crippen molar-refractivity contribution in [1.29, 1.82) is 0 Å². The Morgan fingerprint density at radius 1 is 0.875 bits per heavy atom. The van der Waals surface area contributed by atoms with Crippen LogP contribution in [0.25, 0.3) is 0 Å². The SMILES string of the molecule is CC(=O)O[C@@H]1CC[C@@]2(C)[C@@H](CC[C@@H]3[C@H]4CC[C@H]([C@H](C)CC[C@H](C)C(C)C)[C@]4(C)CC[C@H]32)C1. The first-order valence-corrected chi connectivity index (χ1v) is 14.2. The summed E-state index contributed by atoms with van der Waals surface area (Å²) >= 11 is 0. The molecule has 10 atom stereocenters. The Labute approximate surface area is 199 Å². The van der Waals surface area contributed by atoms with Crippen LogP contribution in [0.2, 0.25) is 0 Å². The molecule has 0 aromatic carbocycles. The number of carbonyl (C=O) groups excluding carboxylic acids is 1. The van der Waals surface area contributed by atoms with Crippen molar-refractivity contribution < 1.29 is 9.53 Å². The third-order valence-electron chi connectivity index (χ3n) is 11.9. The fraction of sp³-hybridized carbons (Fsp3) is 0.967. The molecule has 0 saturated heterocycles. The predicted molar refractivity (Wildman–Crippen MR) is 133 cm³/mol. The van der Waals surface area contributed by atoms with E-state index in [9.17, 15) is 4.79 Å². The first-order chi connectivity index (χ1) is 15.1. The summed E-state index contributed by atoms with van der Waals surface area (Å²) in [6, 6.07) is 0. The third-order valence-corrected chi connectivity index (χ3v) is 11.9. The summed E-state index contributed by atoms with van der Waals surface area (Å²) in [6.07, 6.45) is 15.2. The molecule has 2 nitrogen and oxygen atoms in total. The number of rotatable bonds is 6. The maximum atomic E-state index is 11.5. The lowest BCUT2D eigenvalue weighted by Gasteiger charge is -2.61. The van der Waals surface area contributed by atoms with Crippen LogP contribution in [-0.4, -0.2) is 12.1 Å². The molecule has 0 radical (unpaired) electrons. The Morgan fingerprint density at radius 3 is 2.25 bits per heavy atom. The third kappa shape index (κ3) is 4.31. The van der Waals surface area contributed by atoms with E-state index in [1.807, 2.05) is 0 Å². The second-order valence-electron chi connectivity index (χ2n) is 13.7. The van der Waals surface area contributed by atoms with Crippen LogP contribution in [0.1, 0.15) is 119 Å². The monoisotopic (exact) mass is 444 g/mol. The number of hydrogen-bond acceptors (Lipinski definition) is 2. The Morgan fingerprint density at radius 2 is 1.56 bits per heavy atom. The van der Waals surface area contributed by atoms with Crippen LogP contribution in [0.5, 0.6) is 0 Å². The van der Waals surface area contributed by atoms with Gasteiger partial charge in [-0.3, -0.25) is 4.79 Å². The average molecular weight is 445 g/mol. The lowest BCUT2D eigenvalue weighted by molar-refractivity contribution is -0.160. The summed E-state index contributed by atoms with van der Waals surface area (Å²) in [5, 5.41) is 0.